The minimum absolute atomic E-state index is 0.561. The van der Waals surface area contributed by atoms with E-state index in [9.17, 15) is 0 Å². The molecule has 6 nitrogen and oxygen atoms in total. The van der Waals surface area contributed by atoms with Crippen LogP contribution in [0.15, 0.2) is 18.5 Å². The maximum atomic E-state index is 5.79. The van der Waals surface area contributed by atoms with Crippen molar-refractivity contribution in [3.8, 4) is 11.5 Å². The molecule has 0 saturated carbocycles. The zero-order valence-corrected chi connectivity index (χ0v) is 14.0. The summed E-state index contributed by atoms with van der Waals surface area (Å²) in [6.07, 6.45) is 5.89. The third kappa shape index (κ3) is 4.69. The fraction of sp³-hybridized carbons (Fsp3) is 0.529. The Labute approximate surface area is 137 Å². The quantitative estimate of drug-likeness (QED) is 0.655. The molecule has 126 valence electrons. The molecule has 0 unspecified atom stereocenters. The SMILES string of the molecule is CCCCCNc1ncnc2cc(OC)c(OCCCN)cc12. The van der Waals surface area contributed by atoms with Crippen LogP contribution >= 0.6 is 0 Å². The average molecular weight is 318 g/mol. The van der Waals surface area contributed by atoms with Gasteiger partial charge in [0.05, 0.1) is 19.2 Å². The van der Waals surface area contributed by atoms with E-state index in [4.69, 9.17) is 15.2 Å². The predicted molar refractivity (Wildman–Crippen MR) is 93.3 cm³/mol. The third-order valence-corrected chi connectivity index (χ3v) is 3.60. The number of methoxy groups -OCH3 is 1. The van der Waals surface area contributed by atoms with Gasteiger partial charge in [-0.1, -0.05) is 19.8 Å². The molecule has 0 spiro atoms. The molecule has 23 heavy (non-hydrogen) atoms. The Morgan fingerprint density at radius 2 is 2.00 bits per heavy atom. The van der Waals surface area contributed by atoms with Gasteiger partial charge >= 0.3 is 0 Å². The number of benzene rings is 1. The van der Waals surface area contributed by atoms with Gasteiger partial charge in [0, 0.05) is 18.0 Å². The van der Waals surface area contributed by atoms with Gasteiger partial charge in [-0.15, -0.1) is 0 Å². The van der Waals surface area contributed by atoms with E-state index in [0.717, 1.165) is 36.1 Å². The Kier molecular flexibility index (Phi) is 6.87. The van der Waals surface area contributed by atoms with Crippen LogP contribution in [0.2, 0.25) is 0 Å². The van der Waals surface area contributed by atoms with Gasteiger partial charge < -0.3 is 20.5 Å². The fourth-order valence-electron chi connectivity index (χ4n) is 2.32. The highest BCUT2D eigenvalue weighted by Gasteiger charge is 2.11. The molecule has 6 heteroatoms. The second kappa shape index (κ2) is 9.15. The maximum Gasteiger partial charge on any atom is 0.162 e. The minimum Gasteiger partial charge on any atom is -0.493 e. The lowest BCUT2D eigenvalue weighted by Gasteiger charge is -2.13. The molecular weight excluding hydrogens is 292 g/mol. The van der Waals surface area contributed by atoms with Crippen molar-refractivity contribution < 1.29 is 9.47 Å². The summed E-state index contributed by atoms with van der Waals surface area (Å²) < 4.78 is 11.2. The van der Waals surface area contributed by atoms with Crippen LogP contribution in [0.25, 0.3) is 10.9 Å². The lowest BCUT2D eigenvalue weighted by molar-refractivity contribution is 0.292. The normalized spacial score (nSPS) is 10.7. The molecular formula is C17H26N4O2. The van der Waals surface area contributed by atoms with Crippen LogP contribution in [0.3, 0.4) is 0 Å². The summed E-state index contributed by atoms with van der Waals surface area (Å²) in [6.45, 7) is 4.25. The summed E-state index contributed by atoms with van der Waals surface area (Å²) in [4.78, 5) is 8.68. The van der Waals surface area contributed by atoms with Gasteiger partial charge in [-0.25, -0.2) is 9.97 Å². The minimum atomic E-state index is 0.561. The number of ether oxygens (including phenoxy) is 2. The van der Waals surface area contributed by atoms with Gasteiger partial charge in [0.15, 0.2) is 11.5 Å². The first-order valence-electron chi connectivity index (χ1n) is 8.19. The van der Waals surface area contributed by atoms with Crippen molar-refractivity contribution in [2.24, 2.45) is 5.73 Å². The van der Waals surface area contributed by atoms with E-state index >= 15 is 0 Å². The van der Waals surface area contributed by atoms with Crippen molar-refractivity contribution in [3.05, 3.63) is 18.5 Å². The smallest absolute Gasteiger partial charge is 0.162 e. The summed E-state index contributed by atoms with van der Waals surface area (Å²) in [5, 5.41) is 4.32. The number of nitrogens with zero attached hydrogens (tertiary/aromatic N) is 2. The molecule has 0 saturated heterocycles. The first-order valence-corrected chi connectivity index (χ1v) is 8.19. The van der Waals surface area contributed by atoms with E-state index in [0.29, 0.717) is 24.7 Å². The molecule has 0 aliphatic carbocycles. The highest BCUT2D eigenvalue weighted by Crippen LogP contribution is 2.33. The third-order valence-electron chi connectivity index (χ3n) is 3.60. The van der Waals surface area contributed by atoms with Crippen molar-refractivity contribution in [2.75, 3.05) is 32.1 Å². The fourth-order valence-corrected chi connectivity index (χ4v) is 2.32. The molecule has 0 aliphatic heterocycles. The highest BCUT2D eigenvalue weighted by atomic mass is 16.5. The number of hydrogen-bond donors (Lipinski definition) is 2. The first-order chi connectivity index (χ1) is 11.3. The van der Waals surface area contributed by atoms with Gasteiger partial charge in [-0.2, -0.15) is 0 Å². The molecule has 0 fully saturated rings. The molecule has 0 bridgehead atoms. The molecule has 2 rings (SSSR count). The van der Waals surface area contributed by atoms with Gasteiger partial charge in [0.2, 0.25) is 0 Å². The average Bonchev–Trinajstić information content (AvgIpc) is 2.58. The maximum absolute atomic E-state index is 5.79. The van der Waals surface area contributed by atoms with Crippen molar-refractivity contribution in [1.29, 1.82) is 0 Å². The van der Waals surface area contributed by atoms with Crippen LogP contribution in [-0.4, -0.2) is 36.8 Å². The summed E-state index contributed by atoms with van der Waals surface area (Å²) >= 11 is 0. The van der Waals surface area contributed by atoms with E-state index in [1.165, 1.54) is 12.8 Å². The number of fused-ring (bicyclic) bond motifs is 1. The molecule has 0 radical (unpaired) electrons. The van der Waals surface area contributed by atoms with Gasteiger partial charge in [0.25, 0.3) is 0 Å². The van der Waals surface area contributed by atoms with E-state index in [2.05, 4.69) is 22.2 Å². The molecule has 2 aromatic rings. The van der Waals surface area contributed by atoms with Crippen LogP contribution in [0.1, 0.15) is 32.6 Å². The summed E-state index contributed by atoms with van der Waals surface area (Å²) in [5.74, 6) is 2.20. The topological polar surface area (TPSA) is 82.3 Å². The largest absolute Gasteiger partial charge is 0.493 e. The molecule has 0 amide bonds. The first kappa shape index (κ1) is 17.3. The summed E-state index contributed by atoms with van der Waals surface area (Å²) in [6, 6.07) is 3.82. The molecule has 1 heterocycles. The van der Waals surface area contributed by atoms with Crippen LogP contribution in [-0.2, 0) is 0 Å². The molecule has 0 atom stereocenters. The second-order valence-corrected chi connectivity index (χ2v) is 5.37. The number of rotatable bonds is 10. The monoisotopic (exact) mass is 318 g/mol. The number of anilines is 1. The van der Waals surface area contributed by atoms with Gasteiger partial charge in [-0.05, 0) is 25.5 Å². The van der Waals surface area contributed by atoms with Crippen LogP contribution in [0.4, 0.5) is 5.82 Å². The van der Waals surface area contributed by atoms with E-state index in [1.54, 1.807) is 13.4 Å². The van der Waals surface area contributed by atoms with Crippen molar-refractivity contribution in [3.63, 3.8) is 0 Å². The standard InChI is InChI=1S/C17H26N4O2/c1-3-4-5-8-19-17-13-10-16(23-9-6-7-18)15(22-2)11-14(13)20-12-21-17/h10-12H,3-9,18H2,1-2H3,(H,19,20,21). The molecule has 1 aromatic heterocycles. The van der Waals surface area contributed by atoms with E-state index in [1.807, 2.05) is 12.1 Å². The number of nitrogens with one attached hydrogen (secondary N) is 1. The van der Waals surface area contributed by atoms with Crippen LogP contribution in [0, 0.1) is 0 Å². The van der Waals surface area contributed by atoms with E-state index in [-0.39, 0.29) is 0 Å². The second-order valence-electron chi connectivity index (χ2n) is 5.37. The number of hydrogen-bond acceptors (Lipinski definition) is 6. The van der Waals surface area contributed by atoms with E-state index < -0.39 is 0 Å². The Bertz CT molecular complexity index is 619. The van der Waals surface area contributed by atoms with Crippen molar-refractivity contribution in [2.45, 2.75) is 32.6 Å². The Morgan fingerprint density at radius 1 is 1.13 bits per heavy atom. The van der Waals surface area contributed by atoms with Crippen LogP contribution < -0.4 is 20.5 Å². The number of nitrogens with two attached hydrogens (primary N) is 1. The van der Waals surface area contributed by atoms with Crippen LogP contribution in [0.5, 0.6) is 11.5 Å². The Morgan fingerprint density at radius 3 is 2.74 bits per heavy atom. The Hall–Kier alpha value is -2.08. The summed E-state index contributed by atoms with van der Waals surface area (Å²) in [5.41, 5.74) is 6.35. The molecule has 1 aromatic carbocycles. The number of aromatic nitrogens is 2. The van der Waals surface area contributed by atoms with Gasteiger partial charge in [-0.3, -0.25) is 0 Å². The summed E-state index contributed by atoms with van der Waals surface area (Å²) in [7, 11) is 1.63. The van der Waals surface area contributed by atoms with Crippen molar-refractivity contribution >= 4 is 16.7 Å². The zero-order chi connectivity index (χ0) is 16.5. The molecule has 3 N–H and O–H groups in total. The van der Waals surface area contributed by atoms with Gasteiger partial charge in [0.1, 0.15) is 12.1 Å². The predicted octanol–water partition coefficient (Wildman–Crippen LogP) is 2.97. The molecule has 0 aliphatic rings. The lowest BCUT2D eigenvalue weighted by Crippen LogP contribution is -2.07. The highest BCUT2D eigenvalue weighted by molar-refractivity contribution is 5.91. The zero-order valence-electron chi connectivity index (χ0n) is 14.0. The Balaban J connectivity index is 2.24. The van der Waals surface area contributed by atoms with Crippen molar-refractivity contribution in [1.82, 2.24) is 9.97 Å². The number of unbranched alkanes of at least 4 members (excludes halogenated alkanes) is 2. The lowest BCUT2D eigenvalue weighted by atomic mass is 10.2.